The van der Waals surface area contributed by atoms with Crippen LogP contribution in [-0.2, 0) is 7.05 Å². The summed E-state index contributed by atoms with van der Waals surface area (Å²) in [6, 6.07) is 0.500. The van der Waals surface area contributed by atoms with Crippen LogP contribution in [0.15, 0.2) is 17.4 Å². The third kappa shape index (κ3) is 8.21. The molecule has 186 valence electrons. The van der Waals surface area contributed by atoms with Crippen molar-refractivity contribution in [2.24, 2.45) is 18.0 Å². The predicted molar refractivity (Wildman–Crippen MR) is 145 cm³/mol. The normalized spacial score (nSPS) is 14.8. The van der Waals surface area contributed by atoms with Crippen molar-refractivity contribution in [1.82, 2.24) is 14.5 Å². The van der Waals surface area contributed by atoms with E-state index in [-0.39, 0.29) is 7.43 Å². The van der Waals surface area contributed by atoms with E-state index in [1.165, 1.54) is 33.8 Å². The van der Waals surface area contributed by atoms with Gasteiger partial charge >= 0.3 is 0 Å². The minimum Gasteiger partial charge on any atom is -0.335 e. The highest BCUT2D eigenvalue weighted by Crippen LogP contribution is 2.20. The minimum absolute atomic E-state index is 0. The van der Waals surface area contributed by atoms with Crippen LogP contribution in [0.1, 0.15) is 102 Å². The van der Waals surface area contributed by atoms with Gasteiger partial charge in [-0.25, -0.2) is 4.98 Å². The van der Waals surface area contributed by atoms with Crippen LogP contribution in [0.3, 0.4) is 0 Å². The van der Waals surface area contributed by atoms with Crippen molar-refractivity contribution >= 4 is 12.1 Å². The van der Waals surface area contributed by atoms with Crippen LogP contribution in [0.5, 0.6) is 0 Å². The zero-order chi connectivity index (χ0) is 24.7. The molecule has 3 rings (SSSR count). The Labute approximate surface area is 204 Å². The SMILES string of the molecule is C.CC(C)C1=NC=[N+](C)C1C.Cc1cnc(C(C)C)c(C)c1C.Cc1cnc(C(C)C)n1C. The summed E-state index contributed by atoms with van der Waals surface area (Å²) in [7, 11) is 4.11. The van der Waals surface area contributed by atoms with Crippen LogP contribution in [0.25, 0.3) is 0 Å². The Bertz CT molecular complexity index is 945. The molecule has 5 nitrogen and oxygen atoms in total. The van der Waals surface area contributed by atoms with E-state index in [4.69, 9.17) is 0 Å². The van der Waals surface area contributed by atoms with E-state index >= 15 is 0 Å². The van der Waals surface area contributed by atoms with Gasteiger partial charge in [-0.2, -0.15) is 0 Å². The first kappa shape index (κ1) is 30.7. The molecule has 0 saturated heterocycles. The lowest BCUT2D eigenvalue weighted by Gasteiger charge is -2.12. The number of aliphatic imine (C=N–C) groups is 1. The summed E-state index contributed by atoms with van der Waals surface area (Å²) in [5.41, 5.74) is 7.78. The van der Waals surface area contributed by atoms with E-state index in [0.29, 0.717) is 23.8 Å². The maximum absolute atomic E-state index is 4.44. The molecule has 1 aliphatic rings. The molecule has 0 aliphatic carbocycles. The predicted octanol–water partition coefficient (Wildman–Crippen LogP) is 6.77. The molecule has 2 aromatic heterocycles. The van der Waals surface area contributed by atoms with Gasteiger partial charge in [0.25, 0.3) is 6.34 Å². The maximum atomic E-state index is 4.44. The van der Waals surface area contributed by atoms with E-state index < -0.39 is 0 Å². The highest BCUT2D eigenvalue weighted by molar-refractivity contribution is 5.96. The van der Waals surface area contributed by atoms with Crippen LogP contribution in [-0.4, -0.2) is 44.3 Å². The lowest BCUT2D eigenvalue weighted by atomic mass is 9.99. The molecular formula is C28H50N5+. The molecule has 0 fully saturated rings. The summed E-state index contributed by atoms with van der Waals surface area (Å²) < 4.78 is 4.26. The molecule has 0 amide bonds. The minimum atomic E-state index is 0. The number of hydrogen-bond donors (Lipinski definition) is 0. The quantitative estimate of drug-likeness (QED) is 0.478. The fourth-order valence-electron chi connectivity index (χ4n) is 3.69. The molecule has 0 N–H and O–H groups in total. The number of rotatable bonds is 3. The third-order valence-corrected chi connectivity index (χ3v) is 6.27. The van der Waals surface area contributed by atoms with E-state index in [2.05, 4.69) is 114 Å². The van der Waals surface area contributed by atoms with Crippen LogP contribution >= 0.6 is 0 Å². The molecule has 0 aromatic carbocycles. The molecule has 1 unspecified atom stereocenters. The standard InChI is InChI=1S/C11H17N.C8H15N2.C8H14N2.CH4/c1-7(2)11-10(5)9(4)8(3)6-12-11;1-6(2)8-7(3)10(4)5-9-8;1-6(2)8-9-5-7(3)10(8)4;/h6-7H,1-5H3;5-7H,1-4H3;5-6H,1-4H3;1H4/q;+1;;. The first-order chi connectivity index (χ1) is 14.8. The monoisotopic (exact) mass is 456 g/mol. The van der Waals surface area contributed by atoms with Crippen molar-refractivity contribution in [2.45, 2.75) is 101 Å². The molecule has 0 bridgehead atoms. The Balaban J connectivity index is 0.000000461. The molecule has 0 radical (unpaired) electrons. The summed E-state index contributed by atoms with van der Waals surface area (Å²) in [5, 5.41) is 0. The number of imidazole rings is 1. The van der Waals surface area contributed by atoms with Gasteiger partial charge in [0.15, 0.2) is 11.8 Å². The first-order valence-corrected chi connectivity index (χ1v) is 11.8. The van der Waals surface area contributed by atoms with Gasteiger partial charge in [-0.3, -0.25) is 9.56 Å². The Morgan fingerprint density at radius 1 is 0.848 bits per heavy atom. The fourth-order valence-corrected chi connectivity index (χ4v) is 3.69. The second-order valence-corrected chi connectivity index (χ2v) is 9.87. The molecular weight excluding hydrogens is 406 g/mol. The molecule has 0 saturated carbocycles. The van der Waals surface area contributed by atoms with Crippen molar-refractivity contribution < 1.29 is 4.58 Å². The van der Waals surface area contributed by atoms with E-state index in [0.717, 1.165) is 5.82 Å². The zero-order valence-electron chi connectivity index (χ0n) is 22.8. The lowest BCUT2D eigenvalue weighted by Crippen LogP contribution is -2.27. The van der Waals surface area contributed by atoms with Gasteiger partial charge in [-0.1, -0.05) is 54.0 Å². The first-order valence-electron chi connectivity index (χ1n) is 11.8. The number of hydrogen-bond acceptors (Lipinski definition) is 3. The molecule has 1 atom stereocenters. The lowest BCUT2D eigenvalue weighted by molar-refractivity contribution is -0.508. The fraction of sp³-hybridized carbons (Fsp3) is 0.643. The number of nitrogens with zero attached hydrogens (tertiary/aromatic N) is 5. The largest absolute Gasteiger partial charge is 0.335 e. The van der Waals surface area contributed by atoms with Crippen molar-refractivity contribution in [3.63, 3.8) is 0 Å². The Kier molecular flexibility index (Phi) is 12.5. The number of aryl methyl sites for hydroxylation is 2. The van der Waals surface area contributed by atoms with Gasteiger partial charge in [0.1, 0.15) is 5.82 Å². The van der Waals surface area contributed by atoms with Gasteiger partial charge in [-0.15, -0.1) is 0 Å². The van der Waals surface area contributed by atoms with E-state index in [1.54, 1.807) is 0 Å². The molecule has 0 spiro atoms. The van der Waals surface area contributed by atoms with Gasteiger partial charge in [0, 0.05) is 42.7 Å². The topological polar surface area (TPSA) is 46.1 Å². The van der Waals surface area contributed by atoms with Crippen molar-refractivity contribution in [3.05, 3.63) is 46.3 Å². The molecule has 33 heavy (non-hydrogen) atoms. The summed E-state index contributed by atoms with van der Waals surface area (Å²) in [5.74, 6) is 2.80. The van der Waals surface area contributed by atoms with Gasteiger partial charge in [0.05, 0.1) is 7.05 Å². The van der Waals surface area contributed by atoms with E-state index in [9.17, 15) is 0 Å². The summed E-state index contributed by atoms with van der Waals surface area (Å²) >= 11 is 0. The van der Waals surface area contributed by atoms with Crippen LogP contribution in [0, 0.1) is 33.6 Å². The van der Waals surface area contributed by atoms with Crippen LogP contribution in [0.2, 0.25) is 0 Å². The number of aromatic nitrogens is 3. The Morgan fingerprint density at radius 3 is 1.73 bits per heavy atom. The third-order valence-electron chi connectivity index (χ3n) is 6.27. The van der Waals surface area contributed by atoms with Crippen LogP contribution in [0.4, 0.5) is 0 Å². The second-order valence-electron chi connectivity index (χ2n) is 9.87. The summed E-state index contributed by atoms with van der Waals surface area (Å²) in [6.45, 7) is 23.7. The number of pyridine rings is 1. The Hall–Kier alpha value is -2.30. The van der Waals surface area contributed by atoms with Crippen molar-refractivity contribution in [1.29, 1.82) is 0 Å². The zero-order valence-corrected chi connectivity index (χ0v) is 22.8. The molecule has 2 aromatic rings. The highest BCUT2D eigenvalue weighted by atomic mass is 15.1. The smallest absolute Gasteiger partial charge is 0.281 e. The average Bonchev–Trinajstić information content (AvgIpc) is 3.22. The van der Waals surface area contributed by atoms with E-state index in [1.807, 2.05) is 18.7 Å². The summed E-state index contributed by atoms with van der Waals surface area (Å²) in [4.78, 5) is 13.0. The molecule has 3 heterocycles. The second kappa shape index (κ2) is 13.4. The maximum Gasteiger partial charge on any atom is 0.281 e. The van der Waals surface area contributed by atoms with Gasteiger partial charge < -0.3 is 4.57 Å². The molecule has 1 aliphatic heterocycles. The summed E-state index contributed by atoms with van der Waals surface area (Å²) in [6.07, 6.45) is 5.78. The van der Waals surface area contributed by atoms with Crippen LogP contribution < -0.4 is 0 Å². The van der Waals surface area contributed by atoms with Gasteiger partial charge in [0.2, 0.25) is 0 Å². The van der Waals surface area contributed by atoms with Gasteiger partial charge in [-0.05, 0) is 57.2 Å². The highest BCUT2D eigenvalue weighted by Gasteiger charge is 2.27. The Morgan fingerprint density at radius 2 is 1.42 bits per heavy atom. The van der Waals surface area contributed by atoms with Crippen molar-refractivity contribution in [2.75, 3.05) is 7.05 Å². The average molecular weight is 457 g/mol. The molecule has 5 heteroatoms. The van der Waals surface area contributed by atoms with Crippen molar-refractivity contribution in [3.8, 4) is 0 Å².